The lowest BCUT2D eigenvalue weighted by Crippen LogP contribution is -2.48. The summed E-state index contributed by atoms with van der Waals surface area (Å²) in [5, 5.41) is 15.3. The maximum absolute atomic E-state index is 10.9. The highest BCUT2D eigenvalue weighted by molar-refractivity contribution is 5.33. The van der Waals surface area contributed by atoms with Crippen LogP contribution in [0.4, 0.5) is 0 Å². The molecule has 0 aliphatic rings. The summed E-state index contributed by atoms with van der Waals surface area (Å²) < 4.78 is 1.82. The highest BCUT2D eigenvalue weighted by Crippen LogP contribution is 2.31. The van der Waals surface area contributed by atoms with Gasteiger partial charge >= 0.3 is 0 Å². The second kappa shape index (κ2) is 6.41. The summed E-state index contributed by atoms with van der Waals surface area (Å²) in [6.07, 6.45) is 1.13. The third-order valence-corrected chi connectivity index (χ3v) is 4.20. The number of likely N-dealkylation sites (N-methyl/N-ethyl adjacent to an activating group) is 1. The number of aromatic nitrogens is 2. The van der Waals surface area contributed by atoms with Crippen LogP contribution in [-0.4, -0.2) is 38.4 Å². The third kappa shape index (κ3) is 3.01. The Kier molecular flexibility index (Phi) is 4.80. The minimum absolute atomic E-state index is 0.351. The number of hydrogen-bond donors (Lipinski definition) is 1. The summed E-state index contributed by atoms with van der Waals surface area (Å²) in [6.45, 7) is 10.2. The average Bonchev–Trinajstić information content (AvgIpc) is 2.97. The van der Waals surface area contributed by atoms with Gasteiger partial charge in [-0.3, -0.25) is 4.90 Å². The lowest BCUT2D eigenvalue weighted by Gasteiger charge is -2.41. The first-order valence-electron chi connectivity index (χ1n) is 7.54. The van der Waals surface area contributed by atoms with Gasteiger partial charge in [-0.05, 0) is 45.1 Å². The minimum atomic E-state index is -0.611. The van der Waals surface area contributed by atoms with Gasteiger partial charge in [0.25, 0.3) is 0 Å². The van der Waals surface area contributed by atoms with Gasteiger partial charge in [-0.25, -0.2) is 4.68 Å². The minimum Gasteiger partial charge on any atom is -0.385 e. The molecule has 0 saturated carbocycles. The molecule has 2 rings (SSSR count). The average molecular weight is 287 g/mol. The fourth-order valence-electron chi connectivity index (χ4n) is 2.88. The second-order valence-electron chi connectivity index (χ2n) is 5.73. The van der Waals surface area contributed by atoms with Crippen LogP contribution in [0, 0.1) is 0 Å². The highest BCUT2D eigenvalue weighted by atomic mass is 16.3. The predicted octanol–water partition coefficient (Wildman–Crippen LogP) is 3.03. The Bertz CT molecular complexity index is 558. The zero-order valence-corrected chi connectivity index (χ0v) is 13.3. The summed E-state index contributed by atoms with van der Waals surface area (Å²) in [5.74, 6) is 0. The lowest BCUT2D eigenvalue weighted by atomic mass is 9.92. The number of aliphatic hydroxyl groups is 1. The monoisotopic (exact) mass is 287 g/mol. The molecule has 0 amide bonds. The van der Waals surface area contributed by atoms with Crippen molar-refractivity contribution in [3.05, 3.63) is 48.3 Å². The molecule has 0 bridgehead atoms. The Labute approximate surface area is 127 Å². The molecule has 0 aliphatic heterocycles. The van der Waals surface area contributed by atoms with E-state index < -0.39 is 6.10 Å². The van der Waals surface area contributed by atoms with Crippen molar-refractivity contribution in [2.75, 3.05) is 13.1 Å². The molecule has 0 fully saturated rings. The van der Waals surface area contributed by atoms with Crippen LogP contribution in [0.3, 0.4) is 0 Å². The SMILES string of the molecule is CCN(CC)C(C)(C)C(O)c1ccnn1-c1ccccc1. The van der Waals surface area contributed by atoms with Crippen LogP contribution >= 0.6 is 0 Å². The van der Waals surface area contributed by atoms with E-state index in [1.54, 1.807) is 6.20 Å². The fraction of sp³-hybridized carbons (Fsp3) is 0.471. The second-order valence-corrected chi connectivity index (χ2v) is 5.73. The fourth-order valence-corrected chi connectivity index (χ4v) is 2.88. The molecule has 114 valence electrons. The largest absolute Gasteiger partial charge is 0.385 e. The van der Waals surface area contributed by atoms with Gasteiger partial charge < -0.3 is 5.11 Å². The van der Waals surface area contributed by atoms with Crippen molar-refractivity contribution >= 4 is 0 Å². The molecule has 1 aromatic carbocycles. The molecule has 21 heavy (non-hydrogen) atoms. The Morgan fingerprint density at radius 1 is 1.14 bits per heavy atom. The molecule has 0 spiro atoms. The van der Waals surface area contributed by atoms with Gasteiger partial charge in [0, 0.05) is 11.7 Å². The summed E-state index contributed by atoms with van der Waals surface area (Å²) in [5.41, 5.74) is 1.43. The highest BCUT2D eigenvalue weighted by Gasteiger charge is 2.35. The first-order valence-corrected chi connectivity index (χ1v) is 7.54. The Hall–Kier alpha value is -1.65. The van der Waals surface area contributed by atoms with Crippen LogP contribution in [0.15, 0.2) is 42.6 Å². The van der Waals surface area contributed by atoms with E-state index in [-0.39, 0.29) is 5.54 Å². The summed E-state index contributed by atoms with van der Waals surface area (Å²) in [6, 6.07) is 11.8. The van der Waals surface area contributed by atoms with Gasteiger partial charge in [-0.2, -0.15) is 5.10 Å². The maximum atomic E-state index is 10.9. The summed E-state index contributed by atoms with van der Waals surface area (Å²) in [4.78, 5) is 2.26. The molecule has 1 aromatic heterocycles. The smallest absolute Gasteiger partial charge is 0.114 e. The molecule has 1 heterocycles. The molecule has 0 saturated heterocycles. The zero-order valence-electron chi connectivity index (χ0n) is 13.3. The van der Waals surface area contributed by atoms with Crippen LogP contribution in [0.2, 0.25) is 0 Å². The third-order valence-electron chi connectivity index (χ3n) is 4.20. The predicted molar refractivity (Wildman–Crippen MR) is 85.5 cm³/mol. The van der Waals surface area contributed by atoms with Crippen molar-refractivity contribution in [2.24, 2.45) is 0 Å². The molecule has 1 N–H and O–H groups in total. The van der Waals surface area contributed by atoms with E-state index in [9.17, 15) is 5.11 Å². The van der Waals surface area contributed by atoms with Gasteiger partial charge in [-0.15, -0.1) is 0 Å². The molecule has 1 atom stereocenters. The van der Waals surface area contributed by atoms with Crippen molar-refractivity contribution in [1.82, 2.24) is 14.7 Å². The topological polar surface area (TPSA) is 41.3 Å². The molecular formula is C17H25N3O. The van der Waals surface area contributed by atoms with E-state index in [0.717, 1.165) is 24.5 Å². The van der Waals surface area contributed by atoms with E-state index in [2.05, 4.69) is 37.7 Å². The van der Waals surface area contributed by atoms with E-state index in [0.29, 0.717) is 0 Å². The van der Waals surface area contributed by atoms with Gasteiger partial charge in [0.05, 0.1) is 11.4 Å². The Morgan fingerprint density at radius 2 is 1.76 bits per heavy atom. The number of rotatable bonds is 6. The first-order chi connectivity index (χ1) is 10.0. The Morgan fingerprint density at radius 3 is 2.33 bits per heavy atom. The number of benzene rings is 1. The van der Waals surface area contributed by atoms with Crippen molar-refractivity contribution < 1.29 is 5.11 Å². The van der Waals surface area contributed by atoms with Crippen LogP contribution in [0.1, 0.15) is 39.5 Å². The van der Waals surface area contributed by atoms with Crippen molar-refractivity contribution in [3.8, 4) is 5.69 Å². The van der Waals surface area contributed by atoms with Gasteiger partial charge in [0.2, 0.25) is 0 Å². The number of nitrogens with zero attached hydrogens (tertiary/aromatic N) is 3. The Balaban J connectivity index is 2.37. The van der Waals surface area contributed by atoms with Crippen LogP contribution in [0.25, 0.3) is 5.69 Å². The molecule has 0 radical (unpaired) electrons. The van der Waals surface area contributed by atoms with Crippen molar-refractivity contribution in [1.29, 1.82) is 0 Å². The number of aliphatic hydroxyl groups excluding tert-OH is 1. The molecule has 4 nitrogen and oxygen atoms in total. The lowest BCUT2D eigenvalue weighted by molar-refractivity contribution is -0.00990. The molecule has 4 heteroatoms. The van der Waals surface area contributed by atoms with Gasteiger partial charge in [0.1, 0.15) is 6.10 Å². The molecular weight excluding hydrogens is 262 g/mol. The first kappa shape index (κ1) is 15.7. The standard InChI is InChI=1S/C17H25N3O/c1-5-19(6-2)17(3,4)16(21)15-12-13-18-20(15)14-10-8-7-9-11-14/h7-13,16,21H,5-6H2,1-4H3. The van der Waals surface area contributed by atoms with E-state index in [4.69, 9.17) is 0 Å². The summed E-state index contributed by atoms with van der Waals surface area (Å²) in [7, 11) is 0. The number of para-hydroxylation sites is 1. The van der Waals surface area contributed by atoms with Crippen LogP contribution in [-0.2, 0) is 0 Å². The summed E-state index contributed by atoms with van der Waals surface area (Å²) >= 11 is 0. The van der Waals surface area contributed by atoms with Crippen LogP contribution in [0.5, 0.6) is 0 Å². The maximum Gasteiger partial charge on any atom is 0.114 e. The van der Waals surface area contributed by atoms with E-state index >= 15 is 0 Å². The quantitative estimate of drug-likeness (QED) is 0.888. The van der Waals surface area contributed by atoms with E-state index in [1.807, 2.05) is 41.1 Å². The van der Waals surface area contributed by atoms with Gasteiger partial charge in [0.15, 0.2) is 0 Å². The van der Waals surface area contributed by atoms with E-state index in [1.165, 1.54) is 0 Å². The zero-order chi connectivity index (χ0) is 15.5. The molecule has 0 aliphatic carbocycles. The number of hydrogen-bond acceptors (Lipinski definition) is 3. The van der Waals surface area contributed by atoms with Crippen LogP contribution < -0.4 is 0 Å². The molecule has 2 aromatic rings. The van der Waals surface area contributed by atoms with Crippen molar-refractivity contribution in [3.63, 3.8) is 0 Å². The molecule has 1 unspecified atom stereocenters. The van der Waals surface area contributed by atoms with Crippen molar-refractivity contribution in [2.45, 2.75) is 39.3 Å². The van der Waals surface area contributed by atoms with Gasteiger partial charge in [-0.1, -0.05) is 32.0 Å². The normalized spacial score (nSPS) is 13.6.